The van der Waals surface area contributed by atoms with E-state index in [4.69, 9.17) is 19.4 Å². The van der Waals surface area contributed by atoms with E-state index >= 15 is 0 Å². The lowest BCUT2D eigenvalue weighted by atomic mass is 9.82. The molecule has 1 amide bonds. The van der Waals surface area contributed by atoms with E-state index in [9.17, 15) is 18.0 Å². The summed E-state index contributed by atoms with van der Waals surface area (Å²) in [6.45, 7) is 4.35. The molecule has 164 valence electrons. The molecule has 1 aromatic heterocycles. The van der Waals surface area contributed by atoms with Crippen molar-refractivity contribution in [2.24, 2.45) is 11.8 Å². The third-order valence-corrected chi connectivity index (χ3v) is 5.46. The van der Waals surface area contributed by atoms with Gasteiger partial charge in [-0.25, -0.2) is 9.78 Å². The molecule has 3 atom stereocenters. The Labute approximate surface area is 170 Å². The second-order valence-corrected chi connectivity index (χ2v) is 7.65. The molecule has 0 unspecified atom stereocenters. The van der Waals surface area contributed by atoms with Crippen LogP contribution in [0, 0.1) is 11.8 Å². The molecule has 2 N–H and O–H groups in total. The number of hydrogen-bond donors (Lipinski definition) is 2. The summed E-state index contributed by atoms with van der Waals surface area (Å²) in [6, 6.07) is 0. The molecule has 8 nitrogen and oxygen atoms in total. The van der Waals surface area contributed by atoms with Gasteiger partial charge in [-0.1, -0.05) is 0 Å². The predicted molar refractivity (Wildman–Crippen MR) is 97.3 cm³/mol. The highest BCUT2D eigenvalue weighted by Crippen LogP contribution is 2.34. The summed E-state index contributed by atoms with van der Waals surface area (Å²) in [6.07, 6.45) is -2.10. The topological polar surface area (TPSA) is 101 Å². The molecule has 0 bridgehead atoms. The van der Waals surface area contributed by atoms with Gasteiger partial charge in [0.2, 0.25) is 5.91 Å². The van der Waals surface area contributed by atoms with Crippen LogP contribution in [0.2, 0.25) is 0 Å². The molecule has 29 heavy (non-hydrogen) atoms. The molecular formula is C17H24F3N3O5S. The molecule has 12 heteroatoms. The number of methoxy groups -OCH3 is 1. The van der Waals surface area contributed by atoms with E-state index in [2.05, 4.69) is 15.2 Å². The van der Waals surface area contributed by atoms with Gasteiger partial charge in [-0.3, -0.25) is 9.69 Å². The number of rotatable bonds is 6. The number of likely N-dealkylation sites (tertiary alicyclic amines) is 1. The van der Waals surface area contributed by atoms with Crippen molar-refractivity contribution in [2.45, 2.75) is 25.2 Å². The first-order valence-corrected chi connectivity index (χ1v) is 9.89. The largest absolute Gasteiger partial charge is 0.490 e. The minimum atomic E-state index is -5.08. The Balaban J connectivity index is 0.000000370. The van der Waals surface area contributed by atoms with Crippen LogP contribution in [0.4, 0.5) is 13.2 Å². The van der Waals surface area contributed by atoms with Crippen LogP contribution in [0.1, 0.15) is 11.4 Å². The van der Waals surface area contributed by atoms with Crippen LogP contribution in [0.25, 0.3) is 0 Å². The molecule has 2 aliphatic heterocycles. The van der Waals surface area contributed by atoms with Crippen LogP contribution < -0.4 is 5.32 Å². The first-order valence-electron chi connectivity index (χ1n) is 9.01. The second-order valence-electron chi connectivity index (χ2n) is 6.67. The minimum Gasteiger partial charge on any atom is -0.475 e. The molecule has 1 aromatic rings. The maximum Gasteiger partial charge on any atom is 0.490 e. The van der Waals surface area contributed by atoms with Gasteiger partial charge in [0.05, 0.1) is 25.2 Å². The van der Waals surface area contributed by atoms with E-state index in [1.807, 2.05) is 11.6 Å². The maximum absolute atomic E-state index is 12.5. The second kappa shape index (κ2) is 10.9. The number of hydrogen-bond acceptors (Lipinski definition) is 7. The Morgan fingerprint density at radius 1 is 1.45 bits per heavy atom. The number of carboxylic acids is 1. The number of carbonyl (C=O) groups is 2. The van der Waals surface area contributed by atoms with E-state index in [1.54, 1.807) is 18.4 Å². The number of ether oxygens (including phenoxy) is 2. The summed E-state index contributed by atoms with van der Waals surface area (Å²) >= 11 is 1.66. The highest BCUT2D eigenvalue weighted by Gasteiger charge is 2.43. The van der Waals surface area contributed by atoms with Crippen molar-refractivity contribution in [1.82, 2.24) is 15.2 Å². The summed E-state index contributed by atoms with van der Waals surface area (Å²) < 4.78 is 42.6. The molecule has 0 aromatic carbocycles. The van der Waals surface area contributed by atoms with Crippen LogP contribution in [-0.4, -0.2) is 79.1 Å². The van der Waals surface area contributed by atoms with Gasteiger partial charge in [0.15, 0.2) is 0 Å². The zero-order chi connectivity index (χ0) is 21.4. The molecule has 3 heterocycles. The van der Waals surface area contributed by atoms with Crippen LogP contribution in [-0.2, 0) is 25.6 Å². The number of alkyl halides is 3. The van der Waals surface area contributed by atoms with E-state index in [1.165, 1.54) is 0 Å². The number of thiazole rings is 1. The number of halogens is 3. The number of nitrogens with one attached hydrogen (secondary N) is 1. The summed E-state index contributed by atoms with van der Waals surface area (Å²) in [4.78, 5) is 28.0. The summed E-state index contributed by atoms with van der Waals surface area (Å²) in [5, 5.41) is 13.2. The van der Waals surface area contributed by atoms with E-state index in [0.717, 1.165) is 37.7 Å². The van der Waals surface area contributed by atoms with Crippen LogP contribution >= 0.6 is 11.3 Å². The van der Waals surface area contributed by atoms with Gasteiger partial charge >= 0.3 is 12.1 Å². The Morgan fingerprint density at radius 2 is 2.17 bits per heavy atom. The van der Waals surface area contributed by atoms with Crippen molar-refractivity contribution in [1.29, 1.82) is 0 Å². The molecule has 2 saturated heterocycles. The fourth-order valence-electron chi connectivity index (χ4n) is 3.39. The Hall–Kier alpha value is -1.76. The van der Waals surface area contributed by atoms with Gasteiger partial charge < -0.3 is 19.9 Å². The zero-order valence-electron chi connectivity index (χ0n) is 15.9. The van der Waals surface area contributed by atoms with Crippen molar-refractivity contribution in [3.05, 3.63) is 16.6 Å². The molecule has 0 radical (unpaired) electrons. The highest BCUT2D eigenvalue weighted by atomic mass is 32.1. The van der Waals surface area contributed by atoms with Gasteiger partial charge in [-0.2, -0.15) is 13.2 Å². The Morgan fingerprint density at radius 3 is 2.76 bits per heavy atom. The van der Waals surface area contributed by atoms with Crippen molar-refractivity contribution >= 4 is 23.2 Å². The quantitative estimate of drug-likeness (QED) is 0.646. The molecule has 3 rings (SSSR count). The lowest BCUT2D eigenvalue weighted by Crippen LogP contribution is -2.52. The van der Waals surface area contributed by atoms with Crippen LogP contribution in [0.3, 0.4) is 0 Å². The smallest absolute Gasteiger partial charge is 0.475 e. The van der Waals surface area contributed by atoms with Crippen molar-refractivity contribution in [2.75, 3.05) is 40.0 Å². The number of aliphatic carboxylic acids is 1. The standard InChI is InChI=1S/C15H23N3O3S.C2HF3O2/c1-20-6-3-17-15(19)12-8-18(10-14-16-4-7-22-14)9-13-11(12)2-5-21-13;3-2(4,5)1(6)7/h4,7,11-13H,2-3,5-6,8-10H2,1H3,(H,17,19);(H,6,7)/t11-,12+,13+;/m0./s1. The molecule has 2 aliphatic rings. The third kappa shape index (κ3) is 7.21. The van der Waals surface area contributed by atoms with E-state index in [0.29, 0.717) is 19.1 Å². The highest BCUT2D eigenvalue weighted by molar-refractivity contribution is 7.09. The number of nitrogens with zero attached hydrogens (tertiary/aromatic N) is 2. The normalized spacial score (nSPS) is 24.3. The first kappa shape index (κ1) is 23.5. The summed E-state index contributed by atoms with van der Waals surface area (Å²) in [5.41, 5.74) is 0. The third-order valence-electron chi connectivity index (χ3n) is 4.70. The average molecular weight is 439 g/mol. The monoisotopic (exact) mass is 439 g/mol. The van der Waals surface area contributed by atoms with Crippen molar-refractivity contribution < 1.29 is 37.3 Å². The van der Waals surface area contributed by atoms with Gasteiger partial charge in [0.25, 0.3) is 0 Å². The maximum atomic E-state index is 12.5. The number of piperidine rings is 1. The molecular weight excluding hydrogens is 415 g/mol. The molecule has 0 spiro atoms. The summed E-state index contributed by atoms with van der Waals surface area (Å²) in [7, 11) is 1.64. The number of carbonyl (C=O) groups excluding carboxylic acids is 1. The first-order chi connectivity index (χ1) is 13.7. The predicted octanol–water partition coefficient (Wildman–Crippen LogP) is 1.38. The number of aromatic nitrogens is 1. The Kier molecular flexibility index (Phi) is 8.80. The van der Waals surface area contributed by atoms with Crippen LogP contribution in [0.15, 0.2) is 11.6 Å². The SMILES string of the molecule is COCCNC(=O)[C@@H]1CN(Cc2nccs2)C[C@H]2OCC[C@H]21.O=C(O)C(F)(F)F. The average Bonchev–Trinajstić information content (AvgIpc) is 3.32. The van der Waals surface area contributed by atoms with Crippen LogP contribution in [0.5, 0.6) is 0 Å². The van der Waals surface area contributed by atoms with Gasteiger partial charge in [-0.15, -0.1) is 11.3 Å². The lowest BCUT2D eigenvalue weighted by Gasteiger charge is -2.38. The van der Waals surface area contributed by atoms with Gasteiger partial charge in [0, 0.05) is 50.8 Å². The molecule has 0 aliphatic carbocycles. The molecule has 2 fully saturated rings. The Bertz CT molecular complexity index is 659. The van der Waals surface area contributed by atoms with Gasteiger partial charge in [-0.05, 0) is 6.42 Å². The fraction of sp³-hybridized carbons (Fsp3) is 0.706. The number of carboxylic acid groups (broad SMARTS) is 1. The lowest BCUT2D eigenvalue weighted by molar-refractivity contribution is -0.192. The molecule has 0 saturated carbocycles. The van der Waals surface area contributed by atoms with E-state index in [-0.39, 0.29) is 17.9 Å². The fourth-order valence-corrected chi connectivity index (χ4v) is 4.05. The van der Waals surface area contributed by atoms with Gasteiger partial charge in [0.1, 0.15) is 5.01 Å². The zero-order valence-corrected chi connectivity index (χ0v) is 16.7. The number of amides is 1. The van der Waals surface area contributed by atoms with E-state index < -0.39 is 12.1 Å². The number of fused-ring (bicyclic) bond motifs is 1. The van der Waals surface area contributed by atoms with Crippen molar-refractivity contribution in [3.63, 3.8) is 0 Å². The summed E-state index contributed by atoms with van der Waals surface area (Å²) in [5.74, 6) is -2.29. The minimum absolute atomic E-state index is 0.00179. The van der Waals surface area contributed by atoms with Crippen molar-refractivity contribution in [3.8, 4) is 0 Å².